The van der Waals surface area contributed by atoms with Gasteiger partial charge in [0.2, 0.25) is 17.7 Å². The van der Waals surface area contributed by atoms with Crippen LogP contribution in [-0.4, -0.2) is 74.3 Å². The normalized spacial score (nSPS) is 39.1. The first-order chi connectivity index (χ1) is 14.4. The number of hydrogen-bond acceptors (Lipinski definition) is 5. The summed E-state index contributed by atoms with van der Waals surface area (Å²) in [7, 11) is 1.60. The molecule has 168 valence electrons. The summed E-state index contributed by atoms with van der Waals surface area (Å²) in [6.45, 7) is 1.74. The summed E-state index contributed by atoms with van der Waals surface area (Å²) in [5.41, 5.74) is 0. The highest BCUT2D eigenvalue weighted by molar-refractivity contribution is 9.09. The SMILES string of the molecule is CC[C@@H](CO)N1C(=O)[C@@H]2[C@H](C(=O)NC)[C@H]3SC2(CC3Br)C1C(=O)NC1CCCCC1. The second-order valence-corrected chi connectivity index (χ2v) is 11.8. The molecule has 7 nitrogen and oxygen atoms in total. The average molecular weight is 502 g/mol. The lowest BCUT2D eigenvalue weighted by molar-refractivity contribution is -0.142. The van der Waals surface area contributed by atoms with E-state index in [9.17, 15) is 19.5 Å². The Bertz CT molecular complexity index is 714. The second-order valence-electron chi connectivity index (χ2n) is 9.11. The molecule has 3 heterocycles. The van der Waals surface area contributed by atoms with Gasteiger partial charge in [-0.15, -0.1) is 11.8 Å². The number of aliphatic hydroxyl groups excluding tert-OH is 1. The molecule has 3 N–H and O–H groups in total. The Hall–Kier alpha value is -0.800. The lowest BCUT2D eigenvalue weighted by atomic mass is 9.70. The summed E-state index contributed by atoms with van der Waals surface area (Å²) < 4.78 is -0.631. The first kappa shape index (κ1) is 22.4. The fraction of sp³-hybridized carbons (Fsp3) is 0.857. The van der Waals surface area contributed by atoms with Crippen LogP contribution < -0.4 is 10.6 Å². The highest BCUT2D eigenvalue weighted by atomic mass is 79.9. The van der Waals surface area contributed by atoms with E-state index in [0.29, 0.717) is 12.8 Å². The van der Waals surface area contributed by atoms with Gasteiger partial charge in [-0.1, -0.05) is 42.1 Å². The number of alkyl halides is 1. The molecule has 3 unspecified atom stereocenters. The molecule has 3 saturated heterocycles. The Labute approximate surface area is 190 Å². The number of carbonyl (C=O) groups is 3. The number of carbonyl (C=O) groups excluding carboxylic acids is 3. The molecule has 3 aliphatic heterocycles. The third-order valence-corrected chi connectivity index (χ3v) is 10.8. The molecule has 3 amide bonds. The van der Waals surface area contributed by atoms with E-state index in [1.165, 1.54) is 6.42 Å². The van der Waals surface area contributed by atoms with Gasteiger partial charge in [-0.05, 0) is 25.7 Å². The summed E-state index contributed by atoms with van der Waals surface area (Å²) in [5.74, 6) is -1.39. The van der Waals surface area contributed by atoms with Crippen LogP contribution >= 0.6 is 27.7 Å². The molecule has 4 aliphatic rings. The molecule has 7 atom stereocenters. The summed E-state index contributed by atoms with van der Waals surface area (Å²) in [6.07, 6.45) is 6.60. The van der Waals surface area contributed by atoms with Crippen LogP contribution in [0.15, 0.2) is 0 Å². The maximum Gasteiger partial charge on any atom is 0.244 e. The second kappa shape index (κ2) is 8.62. The molecule has 1 spiro atoms. The van der Waals surface area contributed by atoms with E-state index < -0.39 is 28.7 Å². The Morgan fingerprint density at radius 1 is 1.30 bits per heavy atom. The highest BCUT2D eigenvalue weighted by Crippen LogP contribution is 2.68. The van der Waals surface area contributed by atoms with E-state index in [1.807, 2.05) is 6.92 Å². The predicted molar refractivity (Wildman–Crippen MR) is 119 cm³/mol. The van der Waals surface area contributed by atoms with Crippen molar-refractivity contribution in [2.75, 3.05) is 13.7 Å². The Kier molecular flexibility index (Phi) is 6.43. The molecule has 0 aromatic rings. The summed E-state index contributed by atoms with van der Waals surface area (Å²) in [5, 5.41) is 15.9. The number of rotatable bonds is 6. The van der Waals surface area contributed by atoms with Gasteiger partial charge in [0.05, 0.1) is 29.2 Å². The van der Waals surface area contributed by atoms with Crippen molar-refractivity contribution in [2.24, 2.45) is 11.8 Å². The van der Waals surface area contributed by atoms with E-state index in [4.69, 9.17) is 0 Å². The van der Waals surface area contributed by atoms with Gasteiger partial charge in [-0.25, -0.2) is 0 Å². The molecule has 30 heavy (non-hydrogen) atoms. The Morgan fingerprint density at radius 2 is 2.00 bits per heavy atom. The highest BCUT2D eigenvalue weighted by Gasteiger charge is 2.76. The zero-order valence-electron chi connectivity index (χ0n) is 17.6. The van der Waals surface area contributed by atoms with E-state index in [2.05, 4.69) is 26.6 Å². The summed E-state index contributed by atoms with van der Waals surface area (Å²) in [4.78, 5) is 41.9. The van der Waals surface area contributed by atoms with Crippen molar-refractivity contribution < 1.29 is 19.5 Å². The van der Waals surface area contributed by atoms with Crippen LogP contribution in [0.1, 0.15) is 51.9 Å². The molecule has 1 aliphatic carbocycles. The third-order valence-electron chi connectivity index (χ3n) is 7.55. The predicted octanol–water partition coefficient (Wildman–Crippen LogP) is 1.42. The smallest absolute Gasteiger partial charge is 0.244 e. The van der Waals surface area contributed by atoms with Crippen molar-refractivity contribution in [1.82, 2.24) is 15.5 Å². The van der Waals surface area contributed by atoms with Crippen molar-refractivity contribution >= 4 is 45.4 Å². The van der Waals surface area contributed by atoms with E-state index in [0.717, 1.165) is 25.7 Å². The largest absolute Gasteiger partial charge is 0.394 e. The van der Waals surface area contributed by atoms with Gasteiger partial charge in [-0.2, -0.15) is 0 Å². The van der Waals surface area contributed by atoms with Gasteiger partial charge in [0.15, 0.2) is 0 Å². The van der Waals surface area contributed by atoms with Crippen molar-refractivity contribution in [3.05, 3.63) is 0 Å². The summed E-state index contributed by atoms with van der Waals surface area (Å²) >= 11 is 5.38. The van der Waals surface area contributed by atoms with Crippen LogP contribution in [0, 0.1) is 11.8 Å². The lowest BCUT2D eigenvalue weighted by Gasteiger charge is -2.38. The van der Waals surface area contributed by atoms with Crippen LogP contribution in [0.5, 0.6) is 0 Å². The number of nitrogens with one attached hydrogen (secondary N) is 2. The number of hydrogen-bond donors (Lipinski definition) is 3. The van der Waals surface area contributed by atoms with Crippen LogP contribution in [0.25, 0.3) is 0 Å². The molecule has 0 radical (unpaired) electrons. The van der Waals surface area contributed by atoms with Crippen LogP contribution in [0.3, 0.4) is 0 Å². The minimum absolute atomic E-state index is 0.0276. The molecule has 1 saturated carbocycles. The minimum atomic E-state index is -0.654. The van der Waals surface area contributed by atoms with Gasteiger partial charge in [0.25, 0.3) is 0 Å². The van der Waals surface area contributed by atoms with Crippen LogP contribution in [0.2, 0.25) is 0 Å². The number of halogens is 1. The van der Waals surface area contributed by atoms with Crippen molar-refractivity contribution in [3.63, 3.8) is 0 Å². The van der Waals surface area contributed by atoms with Crippen LogP contribution in [0.4, 0.5) is 0 Å². The molecule has 9 heteroatoms. The molecule has 2 bridgehead atoms. The van der Waals surface area contributed by atoms with Gasteiger partial charge < -0.3 is 20.6 Å². The number of thioether (sulfide) groups is 1. The Morgan fingerprint density at radius 3 is 2.60 bits per heavy atom. The fourth-order valence-corrected chi connectivity index (χ4v) is 9.77. The fourth-order valence-electron chi connectivity index (χ4n) is 6.17. The summed E-state index contributed by atoms with van der Waals surface area (Å²) in [6, 6.07) is -0.928. The quantitative estimate of drug-likeness (QED) is 0.478. The Balaban J connectivity index is 1.72. The monoisotopic (exact) mass is 501 g/mol. The van der Waals surface area contributed by atoms with Gasteiger partial charge in [-0.3, -0.25) is 14.4 Å². The molecular weight excluding hydrogens is 470 g/mol. The first-order valence-corrected chi connectivity index (χ1v) is 13.0. The third kappa shape index (κ3) is 3.30. The number of nitrogens with zero attached hydrogens (tertiary/aromatic N) is 1. The van der Waals surface area contributed by atoms with E-state index >= 15 is 0 Å². The maximum atomic E-state index is 13.7. The standard InChI is InChI=1S/C21H32BrN3O4S/c1-3-12(10-26)25-17(19(28)24-11-7-5-4-6-8-11)21-9-13(22)16(30-21)14(18(27)23-2)15(21)20(25)29/h11-17,26H,3-10H2,1-2H3,(H,23,27)(H,24,28)/t12-,13?,14-,15-,16-,17?,21?/m0/s1. The molecular formula is C21H32BrN3O4S. The first-order valence-electron chi connectivity index (χ1n) is 11.2. The number of fused-ring (bicyclic) bond motifs is 1. The van der Waals surface area contributed by atoms with Gasteiger partial charge in [0, 0.05) is 23.2 Å². The van der Waals surface area contributed by atoms with E-state index in [1.54, 1.807) is 23.7 Å². The molecule has 4 fully saturated rings. The van der Waals surface area contributed by atoms with Gasteiger partial charge in [0.1, 0.15) is 6.04 Å². The molecule has 0 aromatic carbocycles. The molecule has 4 rings (SSSR count). The minimum Gasteiger partial charge on any atom is -0.394 e. The van der Waals surface area contributed by atoms with Crippen LogP contribution in [-0.2, 0) is 14.4 Å². The number of likely N-dealkylation sites (tertiary alicyclic amines) is 1. The van der Waals surface area contributed by atoms with Gasteiger partial charge >= 0.3 is 0 Å². The van der Waals surface area contributed by atoms with Crippen molar-refractivity contribution in [3.8, 4) is 0 Å². The lowest BCUT2D eigenvalue weighted by Crippen LogP contribution is -2.58. The van der Waals surface area contributed by atoms with Crippen molar-refractivity contribution in [2.45, 2.75) is 84.8 Å². The number of aliphatic hydroxyl groups is 1. The average Bonchev–Trinajstić information content (AvgIpc) is 3.33. The topological polar surface area (TPSA) is 98.7 Å². The zero-order chi connectivity index (χ0) is 21.6. The maximum absolute atomic E-state index is 13.7. The number of amides is 3. The van der Waals surface area contributed by atoms with E-state index in [-0.39, 0.29) is 40.4 Å². The zero-order valence-corrected chi connectivity index (χ0v) is 20.0. The molecule has 0 aromatic heterocycles. The van der Waals surface area contributed by atoms with Crippen molar-refractivity contribution in [1.29, 1.82) is 0 Å².